The molecule has 5 heteroatoms. The van der Waals surface area contributed by atoms with Crippen LogP contribution in [0.15, 0.2) is 24.3 Å². The molecule has 0 radical (unpaired) electrons. The second kappa shape index (κ2) is 6.56. The molecule has 96 valence electrons. The van der Waals surface area contributed by atoms with E-state index in [0.717, 1.165) is 35.1 Å². The zero-order valence-electron chi connectivity index (χ0n) is 10.3. The van der Waals surface area contributed by atoms with E-state index in [1.165, 1.54) is 6.07 Å². The molecule has 0 fully saturated rings. The zero-order chi connectivity index (χ0) is 12.8. The number of hydrogen-bond acceptors (Lipinski definition) is 4. The Kier molecular flexibility index (Phi) is 4.78. The predicted molar refractivity (Wildman–Crippen MR) is 71.4 cm³/mol. The van der Waals surface area contributed by atoms with Crippen molar-refractivity contribution in [1.29, 1.82) is 0 Å². The van der Waals surface area contributed by atoms with Crippen LogP contribution in [0.25, 0.3) is 0 Å². The van der Waals surface area contributed by atoms with E-state index < -0.39 is 0 Å². The minimum absolute atomic E-state index is 0.204. The van der Waals surface area contributed by atoms with Crippen molar-refractivity contribution >= 4 is 11.3 Å². The molecule has 0 bridgehead atoms. The van der Waals surface area contributed by atoms with E-state index in [2.05, 4.69) is 22.4 Å². The number of nitrogens with zero attached hydrogens (tertiary/aromatic N) is 2. The largest absolute Gasteiger partial charge is 0.317 e. The number of aromatic nitrogens is 2. The number of nitrogens with one attached hydrogen (secondary N) is 1. The molecule has 1 aromatic heterocycles. The van der Waals surface area contributed by atoms with E-state index in [1.807, 2.05) is 6.07 Å². The van der Waals surface area contributed by atoms with Gasteiger partial charge in [-0.1, -0.05) is 19.1 Å². The second-order valence-corrected chi connectivity index (χ2v) is 5.15. The summed E-state index contributed by atoms with van der Waals surface area (Å²) in [5, 5.41) is 13.5. The van der Waals surface area contributed by atoms with E-state index >= 15 is 0 Å². The van der Waals surface area contributed by atoms with Crippen LogP contribution in [0.1, 0.15) is 22.5 Å². The highest BCUT2D eigenvalue weighted by Crippen LogP contribution is 2.15. The van der Waals surface area contributed by atoms with Crippen molar-refractivity contribution in [2.75, 3.05) is 13.1 Å². The standard InChI is InChI=1S/C13H16FN3S/c1-2-15-7-6-12-16-17-13(18-12)9-10-4-3-5-11(14)8-10/h3-5,8,15H,2,6-7,9H2,1H3. The molecule has 0 aliphatic heterocycles. The molecule has 0 unspecified atom stereocenters. The molecular formula is C13H16FN3S. The van der Waals surface area contributed by atoms with Gasteiger partial charge in [0.2, 0.25) is 0 Å². The van der Waals surface area contributed by atoms with Gasteiger partial charge in [0, 0.05) is 19.4 Å². The number of benzene rings is 1. The zero-order valence-corrected chi connectivity index (χ0v) is 11.1. The van der Waals surface area contributed by atoms with Gasteiger partial charge in [0.1, 0.15) is 15.8 Å². The lowest BCUT2D eigenvalue weighted by Gasteiger charge is -1.97. The molecule has 0 saturated carbocycles. The topological polar surface area (TPSA) is 37.8 Å². The van der Waals surface area contributed by atoms with E-state index in [0.29, 0.717) is 6.42 Å². The van der Waals surface area contributed by atoms with Gasteiger partial charge in [-0.2, -0.15) is 0 Å². The molecule has 18 heavy (non-hydrogen) atoms. The Bertz CT molecular complexity index is 498. The fourth-order valence-electron chi connectivity index (χ4n) is 1.65. The van der Waals surface area contributed by atoms with Crippen LogP contribution in [0.2, 0.25) is 0 Å². The van der Waals surface area contributed by atoms with Crippen molar-refractivity contribution < 1.29 is 4.39 Å². The van der Waals surface area contributed by atoms with Crippen molar-refractivity contribution in [3.05, 3.63) is 45.7 Å². The Balaban J connectivity index is 1.94. The number of likely N-dealkylation sites (N-methyl/N-ethyl adjacent to an activating group) is 1. The van der Waals surface area contributed by atoms with E-state index in [-0.39, 0.29) is 5.82 Å². The predicted octanol–water partition coefficient (Wildman–Crippen LogP) is 2.42. The third-order valence-electron chi connectivity index (χ3n) is 2.52. The first kappa shape index (κ1) is 13.1. The summed E-state index contributed by atoms with van der Waals surface area (Å²) in [7, 11) is 0. The summed E-state index contributed by atoms with van der Waals surface area (Å²) in [6.45, 7) is 3.97. The molecule has 3 nitrogen and oxygen atoms in total. The quantitative estimate of drug-likeness (QED) is 0.815. The maximum Gasteiger partial charge on any atom is 0.123 e. The van der Waals surface area contributed by atoms with E-state index in [1.54, 1.807) is 23.5 Å². The first-order valence-corrected chi connectivity index (χ1v) is 6.86. The third kappa shape index (κ3) is 3.85. The minimum atomic E-state index is -0.204. The van der Waals surface area contributed by atoms with Gasteiger partial charge in [0.25, 0.3) is 0 Å². The molecule has 2 aromatic rings. The molecule has 1 N–H and O–H groups in total. The first-order chi connectivity index (χ1) is 8.78. The van der Waals surface area contributed by atoms with Crippen molar-refractivity contribution in [1.82, 2.24) is 15.5 Å². The molecule has 0 spiro atoms. The Hall–Kier alpha value is -1.33. The van der Waals surface area contributed by atoms with Crippen LogP contribution in [0.3, 0.4) is 0 Å². The van der Waals surface area contributed by atoms with Crippen LogP contribution in [-0.4, -0.2) is 23.3 Å². The SMILES string of the molecule is CCNCCc1nnc(Cc2cccc(F)c2)s1. The number of rotatable bonds is 6. The van der Waals surface area contributed by atoms with Gasteiger partial charge < -0.3 is 5.32 Å². The van der Waals surface area contributed by atoms with Gasteiger partial charge in [-0.3, -0.25) is 0 Å². The Morgan fingerprint density at radius 2 is 2.11 bits per heavy atom. The van der Waals surface area contributed by atoms with Crippen molar-refractivity contribution in [3.63, 3.8) is 0 Å². The van der Waals surface area contributed by atoms with Gasteiger partial charge in [0.05, 0.1) is 0 Å². The first-order valence-electron chi connectivity index (χ1n) is 6.04. The Morgan fingerprint density at radius 1 is 1.28 bits per heavy atom. The van der Waals surface area contributed by atoms with Crippen LogP contribution < -0.4 is 5.32 Å². The fraction of sp³-hybridized carbons (Fsp3) is 0.385. The molecule has 0 aliphatic carbocycles. The van der Waals surface area contributed by atoms with Crippen molar-refractivity contribution in [2.24, 2.45) is 0 Å². The van der Waals surface area contributed by atoms with E-state index in [4.69, 9.17) is 0 Å². The summed E-state index contributed by atoms with van der Waals surface area (Å²) in [4.78, 5) is 0. The van der Waals surface area contributed by atoms with Crippen molar-refractivity contribution in [2.45, 2.75) is 19.8 Å². The highest BCUT2D eigenvalue weighted by atomic mass is 32.1. The molecule has 1 heterocycles. The molecular weight excluding hydrogens is 249 g/mol. The monoisotopic (exact) mass is 265 g/mol. The highest BCUT2D eigenvalue weighted by Gasteiger charge is 2.05. The molecule has 0 amide bonds. The van der Waals surface area contributed by atoms with Crippen LogP contribution in [-0.2, 0) is 12.8 Å². The van der Waals surface area contributed by atoms with Gasteiger partial charge in [-0.05, 0) is 24.2 Å². The highest BCUT2D eigenvalue weighted by molar-refractivity contribution is 7.11. The second-order valence-electron chi connectivity index (χ2n) is 4.00. The summed E-state index contributed by atoms with van der Waals surface area (Å²) in [5.74, 6) is -0.204. The van der Waals surface area contributed by atoms with E-state index in [9.17, 15) is 4.39 Å². The lowest BCUT2D eigenvalue weighted by Crippen LogP contribution is -2.15. The lowest BCUT2D eigenvalue weighted by atomic mass is 10.1. The van der Waals surface area contributed by atoms with Gasteiger partial charge in [-0.15, -0.1) is 21.5 Å². The summed E-state index contributed by atoms with van der Waals surface area (Å²) in [5.41, 5.74) is 0.935. The maximum absolute atomic E-state index is 13.0. The molecule has 0 atom stereocenters. The Morgan fingerprint density at radius 3 is 2.89 bits per heavy atom. The van der Waals surface area contributed by atoms with Crippen LogP contribution in [0, 0.1) is 5.82 Å². The Labute approximate surface area is 110 Å². The molecule has 0 saturated heterocycles. The molecule has 0 aliphatic rings. The maximum atomic E-state index is 13.0. The number of halogens is 1. The van der Waals surface area contributed by atoms with Gasteiger partial charge in [-0.25, -0.2) is 4.39 Å². The average Bonchev–Trinajstić information content (AvgIpc) is 2.77. The van der Waals surface area contributed by atoms with Crippen LogP contribution >= 0.6 is 11.3 Å². The lowest BCUT2D eigenvalue weighted by molar-refractivity contribution is 0.626. The summed E-state index contributed by atoms with van der Waals surface area (Å²) < 4.78 is 13.0. The van der Waals surface area contributed by atoms with Gasteiger partial charge in [0.15, 0.2) is 0 Å². The average molecular weight is 265 g/mol. The third-order valence-corrected chi connectivity index (χ3v) is 3.50. The smallest absolute Gasteiger partial charge is 0.123 e. The summed E-state index contributed by atoms with van der Waals surface area (Å²) in [6.07, 6.45) is 1.55. The minimum Gasteiger partial charge on any atom is -0.317 e. The van der Waals surface area contributed by atoms with Crippen molar-refractivity contribution in [3.8, 4) is 0 Å². The summed E-state index contributed by atoms with van der Waals surface area (Å²) in [6, 6.07) is 6.62. The normalized spacial score (nSPS) is 10.8. The molecule has 2 rings (SSSR count). The summed E-state index contributed by atoms with van der Waals surface area (Å²) >= 11 is 1.60. The molecule has 1 aromatic carbocycles. The number of hydrogen-bond donors (Lipinski definition) is 1. The van der Waals surface area contributed by atoms with Gasteiger partial charge >= 0.3 is 0 Å². The van der Waals surface area contributed by atoms with Crippen LogP contribution in [0.5, 0.6) is 0 Å². The van der Waals surface area contributed by atoms with Crippen LogP contribution in [0.4, 0.5) is 4.39 Å². The fourth-order valence-corrected chi connectivity index (χ4v) is 2.53.